The molecule has 7 rings (SSSR count). The molecule has 1 unspecified atom stereocenters. The van der Waals surface area contributed by atoms with Gasteiger partial charge >= 0.3 is 12.0 Å². The van der Waals surface area contributed by atoms with Crippen LogP contribution in [0.15, 0.2) is 79.3 Å². The molecule has 6 aromatic rings. The fraction of sp³-hybridized carbons (Fsp3) is 0.235. The van der Waals surface area contributed by atoms with E-state index in [0.717, 1.165) is 23.4 Å². The highest BCUT2D eigenvalue weighted by Crippen LogP contribution is 2.40. The Hall–Kier alpha value is -5.56. The maximum atomic E-state index is 15.7. The van der Waals surface area contributed by atoms with E-state index >= 15 is 8.78 Å². The highest BCUT2D eigenvalue weighted by Gasteiger charge is 2.39. The number of nitrogens with zero attached hydrogens (tertiary/aromatic N) is 7. The predicted octanol–water partition coefficient (Wildman–Crippen LogP) is 5.82. The van der Waals surface area contributed by atoms with Crippen LogP contribution in [0.4, 0.5) is 8.78 Å². The standard InChI is InChI=1S/C34H29F2N7O4/c1-34(2)19-46-18-30(34)43-29-14-21(32(44)45)5-8-28(29)39-31(43)15-22-13-26(36)24(16-25(22)35)27-9-10-37-33(40-27)47-17-20-3-6-23(7-4-20)42-12-11-38-41-42/h3-14,16,30H,15,17-19H2,1-2H3,(H,44,45). The third-order valence-corrected chi connectivity index (χ3v) is 8.36. The van der Waals surface area contributed by atoms with E-state index in [4.69, 9.17) is 14.5 Å². The van der Waals surface area contributed by atoms with Crippen LogP contribution in [0.25, 0.3) is 28.0 Å². The zero-order chi connectivity index (χ0) is 32.7. The Morgan fingerprint density at radius 1 is 1.04 bits per heavy atom. The van der Waals surface area contributed by atoms with Gasteiger partial charge in [0.15, 0.2) is 0 Å². The number of carboxylic acid groups (broad SMARTS) is 1. The number of hydrogen-bond acceptors (Lipinski definition) is 8. The van der Waals surface area contributed by atoms with Crippen LogP contribution < -0.4 is 4.74 Å². The SMILES string of the molecule is CC1(C)COCC1n1c(Cc2cc(F)c(-c3ccnc(OCc4ccc(-n5ccnn5)cc4)n3)cc2F)nc2ccc(C(=O)O)cc21. The van der Waals surface area contributed by atoms with Crippen LogP contribution in [0.2, 0.25) is 0 Å². The summed E-state index contributed by atoms with van der Waals surface area (Å²) >= 11 is 0. The minimum atomic E-state index is -1.07. The molecule has 3 aromatic heterocycles. The highest BCUT2D eigenvalue weighted by molar-refractivity contribution is 5.92. The maximum Gasteiger partial charge on any atom is 0.335 e. The number of halogens is 2. The first kappa shape index (κ1) is 30.1. The average Bonchev–Trinajstić information content (AvgIpc) is 3.80. The molecule has 1 aliphatic rings. The average molecular weight is 638 g/mol. The number of rotatable bonds is 9. The van der Waals surface area contributed by atoms with Crippen LogP contribution in [0.5, 0.6) is 6.01 Å². The van der Waals surface area contributed by atoms with Gasteiger partial charge in [0.05, 0.1) is 59.6 Å². The molecule has 238 valence electrons. The zero-order valence-electron chi connectivity index (χ0n) is 25.5. The first-order chi connectivity index (χ1) is 22.7. The van der Waals surface area contributed by atoms with Crippen LogP contribution in [0.3, 0.4) is 0 Å². The van der Waals surface area contributed by atoms with Crippen molar-refractivity contribution in [3.05, 3.63) is 113 Å². The van der Waals surface area contributed by atoms with Gasteiger partial charge in [-0.25, -0.2) is 28.2 Å². The molecule has 0 bridgehead atoms. The molecule has 1 aliphatic heterocycles. The number of fused-ring (bicyclic) bond motifs is 1. The summed E-state index contributed by atoms with van der Waals surface area (Å²) in [6.07, 6.45) is 4.73. The van der Waals surface area contributed by atoms with Crippen molar-refractivity contribution in [3.63, 3.8) is 0 Å². The summed E-state index contributed by atoms with van der Waals surface area (Å²) < 4.78 is 46.4. The largest absolute Gasteiger partial charge is 0.478 e. The molecular formula is C34H29F2N7O4. The third kappa shape index (κ3) is 5.92. The van der Waals surface area contributed by atoms with E-state index in [1.165, 1.54) is 18.3 Å². The number of imidazole rings is 1. The quantitative estimate of drug-likeness (QED) is 0.209. The van der Waals surface area contributed by atoms with Crippen LogP contribution in [0.1, 0.15) is 47.2 Å². The molecule has 0 saturated carbocycles. The molecule has 1 atom stereocenters. The van der Waals surface area contributed by atoms with Crippen molar-refractivity contribution in [1.82, 2.24) is 34.5 Å². The molecule has 1 saturated heterocycles. The maximum absolute atomic E-state index is 15.7. The number of ether oxygens (including phenoxy) is 2. The first-order valence-electron chi connectivity index (χ1n) is 14.9. The van der Waals surface area contributed by atoms with Crippen molar-refractivity contribution in [3.8, 4) is 23.0 Å². The van der Waals surface area contributed by atoms with E-state index in [0.29, 0.717) is 30.1 Å². The number of aromatic carboxylic acids is 1. The van der Waals surface area contributed by atoms with Crippen LogP contribution >= 0.6 is 0 Å². The van der Waals surface area contributed by atoms with Gasteiger partial charge in [0.2, 0.25) is 0 Å². The lowest BCUT2D eigenvalue weighted by molar-refractivity contribution is 0.0697. The molecule has 0 aliphatic carbocycles. The summed E-state index contributed by atoms with van der Waals surface area (Å²) in [4.78, 5) is 24.9. The van der Waals surface area contributed by atoms with Gasteiger partial charge in [-0.3, -0.25) is 0 Å². The lowest BCUT2D eigenvalue weighted by Crippen LogP contribution is -2.27. The van der Waals surface area contributed by atoms with E-state index < -0.39 is 17.6 Å². The van der Waals surface area contributed by atoms with Crippen molar-refractivity contribution in [2.75, 3.05) is 13.2 Å². The van der Waals surface area contributed by atoms with Gasteiger partial charge in [0.1, 0.15) is 24.1 Å². The van der Waals surface area contributed by atoms with E-state index in [9.17, 15) is 9.90 Å². The zero-order valence-corrected chi connectivity index (χ0v) is 25.5. The molecule has 0 spiro atoms. The van der Waals surface area contributed by atoms with Gasteiger partial charge in [-0.15, -0.1) is 5.10 Å². The summed E-state index contributed by atoms with van der Waals surface area (Å²) in [7, 11) is 0. The number of benzene rings is 3. The molecule has 13 heteroatoms. The van der Waals surface area contributed by atoms with Crippen LogP contribution in [-0.4, -0.2) is 58.8 Å². The van der Waals surface area contributed by atoms with Gasteiger partial charge in [-0.1, -0.05) is 31.2 Å². The Labute approximate surface area is 267 Å². The normalized spacial score (nSPS) is 15.7. The van der Waals surface area contributed by atoms with Crippen molar-refractivity contribution in [2.45, 2.75) is 32.9 Å². The van der Waals surface area contributed by atoms with Crippen molar-refractivity contribution >= 4 is 17.0 Å². The summed E-state index contributed by atoms with van der Waals surface area (Å²) in [5, 5.41) is 17.4. The lowest BCUT2D eigenvalue weighted by atomic mass is 9.87. The molecule has 0 radical (unpaired) electrons. The fourth-order valence-corrected chi connectivity index (χ4v) is 5.82. The van der Waals surface area contributed by atoms with Crippen LogP contribution in [-0.2, 0) is 17.8 Å². The molecule has 11 nitrogen and oxygen atoms in total. The van der Waals surface area contributed by atoms with Gasteiger partial charge in [0, 0.05) is 23.6 Å². The second-order valence-corrected chi connectivity index (χ2v) is 12.1. The third-order valence-electron chi connectivity index (χ3n) is 8.36. The molecule has 0 amide bonds. The minimum Gasteiger partial charge on any atom is -0.478 e. The Balaban J connectivity index is 1.14. The highest BCUT2D eigenvalue weighted by atomic mass is 19.1. The molecular weight excluding hydrogens is 608 g/mol. The predicted molar refractivity (Wildman–Crippen MR) is 166 cm³/mol. The number of hydrogen-bond donors (Lipinski definition) is 1. The van der Waals surface area contributed by atoms with E-state index in [-0.39, 0.29) is 52.9 Å². The second-order valence-electron chi connectivity index (χ2n) is 12.1. The van der Waals surface area contributed by atoms with E-state index in [1.54, 1.807) is 29.2 Å². The van der Waals surface area contributed by atoms with Gasteiger partial charge in [0.25, 0.3) is 0 Å². The number of carbonyl (C=O) groups is 1. The fourth-order valence-electron chi connectivity index (χ4n) is 5.82. The molecule has 1 fully saturated rings. The first-order valence-corrected chi connectivity index (χ1v) is 14.9. The van der Waals surface area contributed by atoms with Crippen LogP contribution in [0, 0.1) is 17.0 Å². The van der Waals surface area contributed by atoms with Gasteiger partial charge in [-0.05, 0) is 59.7 Å². The Morgan fingerprint density at radius 2 is 1.87 bits per heavy atom. The van der Waals surface area contributed by atoms with Gasteiger partial charge in [-0.2, -0.15) is 4.98 Å². The Morgan fingerprint density at radius 3 is 2.60 bits per heavy atom. The minimum absolute atomic E-state index is 0.0163. The topological polar surface area (TPSA) is 130 Å². The summed E-state index contributed by atoms with van der Waals surface area (Å²) in [5.41, 5.74) is 2.87. The molecule has 1 N–H and O–H groups in total. The summed E-state index contributed by atoms with van der Waals surface area (Å²) in [6.45, 7) is 5.13. The Kier molecular flexibility index (Phi) is 7.68. The van der Waals surface area contributed by atoms with Crippen molar-refractivity contribution in [1.29, 1.82) is 0 Å². The molecule has 3 aromatic carbocycles. The monoisotopic (exact) mass is 637 g/mol. The summed E-state index contributed by atoms with van der Waals surface area (Å²) in [5.74, 6) is -1.90. The summed E-state index contributed by atoms with van der Waals surface area (Å²) in [6, 6.07) is 15.7. The number of aromatic nitrogens is 7. The van der Waals surface area contributed by atoms with E-state index in [1.807, 2.05) is 42.7 Å². The Bertz CT molecular complexity index is 2100. The number of carboxylic acids is 1. The second kappa shape index (κ2) is 12.0. The molecule has 4 heterocycles. The molecule has 47 heavy (non-hydrogen) atoms. The smallest absolute Gasteiger partial charge is 0.335 e. The van der Waals surface area contributed by atoms with Gasteiger partial charge < -0.3 is 19.1 Å². The van der Waals surface area contributed by atoms with Crippen molar-refractivity contribution < 1.29 is 28.2 Å². The lowest BCUT2D eigenvalue weighted by Gasteiger charge is -2.28. The van der Waals surface area contributed by atoms with Crippen molar-refractivity contribution in [2.24, 2.45) is 5.41 Å². The van der Waals surface area contributed by atoms with E-state index in [2.05, 4.69) is 20.3 Å².